The van der Waals surface area contributed by atoms with E-state index in [0.29, 0.717) is 22.4 Å². The number of amides is 1. The van der Waals surface area contributed by atoms with Crippen molar-refractivity contribution in [2.24, 2.45) is 11.7 Å². The third-order valence-electron chi connectivity index (χ3n) is 3.07. The maximum atomic E-state index is 11.0. The summed E-state index contributed by atoms with van der Waals surface area (Å²) in [5.74, 6) is 0.894. The van der Waals surface area contributed by atoms with Crippen molar-refractivity contribution >= 4 is 17.2 Å². The zero-order chi connectivity index (χ0) is 15.9. The Kier molecular flexibility index (Phi) is 5.91. The van der Waals surface area contributed by atoms with Crippen molar-refractivity contribution in [2.45, 2.75) is 26.8 Å². The Labute approximate surface area is 134 Å². The number of nitrogens with zero attached hydrogens (tertiary/aromatic N) is 1. The fraction of sp³-hybridized carbons (Fsp3) is 0.375. The van der Waals surface area contributed by atoms with E-state index >= 15 is 0 Å². The Morgan fingerprint density at radius 1 is 1.36 bits per heavy atom. The van der Waals surface area contributed by atoms with Gasteiger partial charge in [0, 0.05) is 23.2 Å². The first-order valence-electron chi connectivity index (χ1n) is 7.27. The van der Waals surface area contributed by atoms with Crippen LogP contribution in [0.15, 0.2) is 30.5 Å². The normalized spacial score (nSPS) is 10.9. The van der Waals surface area contributed by atoms with E-state index in [-0.39, 0.29) is 0 Å². The van der Waals surface area contributed by atoms with Gasteiger partial charge in [0.25, 0.3) is 5.19 Å². The minimum absolute atomic E-state index is 0.449. The molecule has 0 aliphatic rings. The number of carbonyl (C=O) groups is 1. The van der Waals surface area contributed by atoms with E-state index in [1.807, 2.05) is 6.20 Å². The quantitative estimate of drug-likeness (QED) is 0.733. The molecule has 2 rings (SSSR count). The first kappa shape index (κ1) is 16.5. The molecule has 1 amide bonds. The molecule has 0 atom stereocenters. The van der Waals surface area contributed by atoms with Gasteiger partial charge in [-0.3, -0.25) is 4.79 Å². The van der Waals surface area contributed by atoms with Gasteiger partial charge in [0.2, 0.25) is 5.91 Å². The minimum atomic E-state index is -0.449. The zero-order valence-electron chi connectivity index (χ0n) is 12.8. The highest BCUT2D eigenvalue weighted by atomic mass is 32.1. The number of nitrogens with two attached hydrogens (primary N) is 1. The van der Waals surface area contributed by atoms with Crippen LogP contribution in [0.25, 0.3) is 0 Å². The lowest BCUT2D eigenvalue weighted by Gasteiger charge is -2.05. The van der Waals surface area contributed by atoms with Crippen LogP contribution in [0.4, 0.5) is 0 Å². The zero-order valence-corrected chi connectivity index (χ0v) is 13.7. The maximum Gasteiger partial charge on any atom is 0.278 e. The number of benzene rings is 1. The van der Waals surface area contributed by atoms with E-state index in [1.54, 1.807) is 24.3 Å². The molecule has 0 aliphatic heterocycles. The van der Waals surface area contributed by atoms with E-state index < -0.39 is 5.91 Å². The number of primary amides is 1. The number of thiazole rings is 1. The molecule has 1 heterocycles. The SMILES string of the molecule is CC(C)CCNCc1cnc(Oc2ccc(C(N)=O)cc2)s1. The van der Waals surface area contributed by atoms with Crippen molar-refractivity contribution in [3.63, 3.8) is 0 Å². The molecule has 6 heteroatoms. The summed E-state index contributed by atoms with van der Waals surface area (Å²) in [7, 11) is 0. The smallest absolute Gasteiger partial charge is 0.278 e. The van der Waals surface area contributed by atoms with Crippen LogP contribution in [0.3, 0.4) is 0 Å². The van der Waals surface area contributed by atoms with Crippen LogP contribution in [0.1, 0.15) is 35.5 Å². The Morgan fingerprint density at radius 3 is 2.73 bits per heavy atom. The summed E-state index contributed by atoms with van der Waals surface area (Å²) in [6, 6.07) is 6.70. The number of carbonyl (C=O) groups excluding carboxylic acids is 1. The van der Waals surface area contributed by atoms with Crippen molar-refractivity contribution in [3.05, 3.63) is 40.9 Å². The highest BCUT2D eigenvalue weighted by molar-refractivity contribution is 7.13. The van der Waals surface area contributed by atoms with Crippen molar-refractivity contribution in [1.82, 2.24) is 10.3 Å². The molecule has 118 valence electrons. The molecule has 1 aromatic heterocycles. The van der Waals surface area contributed by atoms with Gasteiger partial charge in [-0.05, 0) is 43.1 Å². The Morgan fingerprint density at radius 2 is 2.09 bits per heavy atom. The topological polar surface area (TPSA) is 77.2 Å². The van der Waals surface area contributed by atoms with Crippen LogP contribution >= 0.6 is 11.3 Å². The maximum absolute atomic E-state index is 11.0. The van der Waals surface area contributed by atoms with Gasteiger partial charge in [0.1, 0.15) is 5.75 Å². The predicted molar refractivity (Wildman–Crippen MR) is 88.3 cm³/mol. The summed E-state index contributed by atoms with van der Waals surface area (Å²) in [5.41, 5.74) is 5.66. The molecule has 0 unspecified atom stereocenters. The Bertz CT molecular complexity index is 608. The largest absolute Gasteiger partial charge is 0.431 e. The molecule has 0 bridgehead atoms. The van der Waals surface area contributed by atoms with Crippen LogP contribution in [0, 0.1) is 5.92 Å². The number of hydrogen-bond donors (Lipinski definition) is 2. The van der Waals surface area contributed by atoms with Crippen molar-refractivity contribution in [1.29, 1.82) is 0 Å². The fourth-order valence-electron chi connectivity index (χ4n) is 1.81. The van der Waals surface area contributed by atoms with Crippen LogP contribution in [-0.2, 0) is 6.54 Å². The van der Waals surface area contributed by atoms with E-state index in [2.05, 4.69) is 24.1 Å². The van der Waals surface area contributed by atoms with E-state index in [0.717, 1.165) is 24.4 Å². The van der Waals surface area contributed by atoms with Gasteiger partial charge in [0.15, 0.2) is 0 Å². The number of hydrogen-bond acceptors (Lipinski definition) is 5. The van der Waals surface area contributed by atoms with Gasteiger partial charge in [-0.2, -0.15) is 0 Å². The molecule has 3 N–H and O–H groups in total. The van der Waals surface area contributed by atoms with Crippen molar-refractivity contribution in [3.8, 4) is 10.9 Å². The number of rotatable bonds is 8. The number of aromatic nitrogens is 1. The molecule has 22 heavy (non-hydrogen) atoms. The predicted octanol–water partition coefficient (Wildman–Crippen LogP) is 3.17. The second-order valence-corrected chi connectivity index (χ2v) is 6.52. The molecule has 0 radical (unpaired) electrons. The molecule has 0 saturated carbocycles. The molecular weight excluding hydrogens is 298 g/mol. The third kappa shape index (κ3) is 5.13. The molecular formula is C16H21N3O2S. The summed E-state index contributed by atoms with van der Waals surface area (Å²) in [4.78, 5) is 16.4. The summed E-state index contributed by atoms with van der Waals surface area (Å²) in [6.45, 7) is 6.22. The number of ether oxygens (including phenoxy) is 1. The van der Waals surface area contributed by atoms with Gasteiger partial charge in [-0.1, -0.05) is 25.2 Å². The van der Waals surface area contributed by atoms with Crippen molar-refractivity contribution < 1.29 is 9.53 Å². The lowest BCUT2D eigenvalue weighted by atomic mass is 10.1. The molecule has 1 aromatic carbocycles. The minimum Gasteiger partial charge on any atom is -0.431 e. The second kappa shape index (κ2) is 7.91. The monoisotopic (exact) mass is 319 g/mol. The summed E-state index contributed by atoms with van der Waals surface area (Å²) in [6.07, 6.45) is 2.98. The third-order valence-corrected chi connectivity index (χ3v) is 3.95. The lowest BCUT2D eigenvalue weighted by Crippen LogP contribution is -2.15. The standard InChI is InChI=1S/C16H21N3O2S/c1-11(2)7-8-18-9-14-10-19-16(22-14)21-13-5-3-12(4-6-13)15(17)20/h3-6,10-11,18H,7-9H2,1-2H3,(H2,17,20). The summed E-state index contributed by atoms with van der Waals surface area (Å²) < 4.78 is 5.67. The molecule has 0 spiro atoms. The van der Waals surface area contributed by atoms with E-state index in [1.165, 1.54) is 11.3 Å². The Hall–Kier alpha value is -1.92. The average molecular weight is 319 g/mol. The van der Waals surface area contributed by atoms with Gasteiger partial charge in [0.05, 0.1) is 0 Å². The molecule has 0 aliphatic carbocycles. The molecule has 2 aromatic rings. The fourth-order valence-corrected chi connectivity index (χ4v) is 2.56. The lowest BCUT2D eigenvalue weighted by molar-refractivity contribution is 0.100. The van der Waals surface area contributed by atoms with Crippen LogP contribution in [-0.4, -0.2) is 17.4 Å². The molecule has 0 saturated heterocycles. The van der Waals surface area contributed by atoms with Crippen LogP contribution < -0.4 is 15.8 Å². The van der Waals surface area contributed by atoms with Crippen LogP contribution in [0.5, 0.6) is 10.9 Å². The first-order chi connectivity index (χ1) is 10.5. The number of nitrogens with one attached hydrogen (secondary N) is 1. The average Bonchev–Trinajstić information content (AvgIpc) is 2.91. The highest BCUT2D eigenvalue weighted by Gasteiger charge is 2.06. The van der Waals surface area contributed by atoms with Gasteiger partial charge in [-0.15, -0.1) is 0 Å². The summed E-state index contributed by atoms with van der Waals surface area (Å²) in [5, 5.41) is 3.98. The van der Waals surface area contributed by atoms with Gasteiger partial charge in [-0.25, -0.2) is 4.98 Å². The second-order valence-electron chi connectivity index (χ2n) is 5.44. The van der Waals surface area contributed by atoms with Gasteiger partial charge < -0.3 is 15.8 Å². The molecule has 5 nitrogen and oxygen atoms in total. The summed E-state index contributed by atoms with van der Waals surface area (Å²) >= 11 is 1.51. The van der Waals surface area contributed by atoms with Crippen molar-refractivity contribution in [2.75, 3.05) is 6.54 Å². The van der Waals surface area contributed by atoms with Gasteiger partial charge >= 0.3 is 0 Å². The first-order valence-corrected chi connectivity index (χ1v) is 8.09. The van der Waals surface area contributed by atoms with Crippen LogP contribution in [0.2, 0.25) is 0 Å². The highest BCUT2D eigenvalue weighted by Crippen LogP contribution is 2.26. The van der Waals surface area contributed by atoms with E-state index in [9.17, 15) is 4.79 Å². The molecule has 0 fully saturated rings. The van der Waals surface area contributed by atoms with E-state index in [4.69, 9.17) is 10.5 Å². The Balaban J connectivity index is 1.85.